The molecule has 0 bridgehead atoms. The smallest absolute Gasteiger partial charge is 0.339 e. The number of hydrogen-bond acceptors (Lipinski definition) is 3. The van der Waals surface area contributed by atoms with Gasteiger partial charge in [-0.15, -0.1) is 0 Å². The minimum absolute atomic E-state index is 0.0804. The lowest BCUT2D eigenvalue weighted by Gasteiger charge is -2.08. The Morgan fingerprint density at radius 2 is 1.84 bits per heavy atom. The largest absolute Gasteiger partial charge is 0.507 e. The Labute approximate surface area is 111 Å². The fourth-order valence-electron chi connectivity index (χ4n) is 1.74. The Balaban J connectivity index is 2.09. The predicted molar refractivity (Wildman–Crippen MR) is 73.6 cm³/mol. The molecule has 0 heterocycles. The fraction of sp³-hybridized carbons (Fsp3) is 0.133. The van der Waals surface area contributed by atoms with Gasteiger partial charge in [0.2, 0.25) is 0 Å². The number of nitrogens with one attached hydrogen (secondary N) is 1. The first-order chi connectivity index (χ1) is 9.06. The van der Waals surface area contributed by atoms with Gasteiger partial charge in [0, 0.05) is 12.2 Å². The minimum Gasteiger partial charge on any atom is -0.507 e. The van der Waals surface area contributed by atoms with Crippen LogP contribution in [0.25, 0.3) is 0 Å². The van der Waals surface area contributed by atoms with Gasteiger partial charge in [0.15, 0.2) is 0 Å². The van der Waals surface area contributed by atoms with E-state index < -0.39 is 5.97 Å². The van der Waals surface area contributed by atoms with E-state index in [1.165, 1.54) is 17.7 Å². The molecular weight excluding hydrogens is 242 g/mol. The molecule has 0 radical (unpaired) electrons. The third kappa shape index (κ3) is 3.25. The fourth-order valence-corrected chi connectivity index (χ4v) is 1.74. The molecule has 0 fully saturated rings. The number of anilines is 1. The van der Waals surface area contributed by atoms with Gasteiger partial charge in [0.1, 0.15) is 11.3 Å². The number of carboxylic acids is 1. The quantitative estimate of drug-likeness (QED) is 0.787. The lowest BCUT2D eigenvalue weighted by Crippen LogP contribution is -2.02. The summed E-state index contributed by atoms with van der Waals surface area (Å²) in [5.41, 5.74) is 2.87. The van der Waals surface area contributed by atoms with Crippen LogP contribution >= 0.6 is 0 Å². The average molecular weight is 257 g/mol. The van der Waals surface area contributed by atoms with Gasteiger partial charge in [0.05, 0.1) is 0 Å². The third-order valence-corrected chi connectivity index (χ3v) is 2.84. The average Bonchev–Trinajstić information content (AvgIpc) is 2.39. The van der Waals surface area contributed by atoms with Crippen molar-refractivity contribution >= 4 is 11.7 Å². The van der Waals surface area contributed by atoms with Gasteiger partial charge >= 0.3 is 5.97 Å². The molecule has 0 atom stereocenters. The predicted octanol–water partition coefficient (Wildman–Crippen LogP) is 3.01. The number of aryl methyl sites for hydroxylation is 1. The van der Waals surface area contributed by atoms with Crippen molar-refractivity contribution in [3.05, 3.63) is 59.2 Å². The topological polar surface area (TPSA) is 69.6 Å². The molecular formula is C15H15NO3. The van der Waals surface area contributed by atoms with E-state index in [4.69, 9.17) is 5.11 Å². The molecule has 2 rings (SSSR count). The van der Waals surface area contributed by atoms with E-state index in [0.717, 1.165) is 11.3 Å². The standard InChI is InChI=1S/C15H15NO3/c1-10-2-5-12(6-3-10)16-9-11-4-7-14(17)13(8-11)15(18)19/h2-8,16-17H,9H2,1H3,(H,18,19). The van der Waals surface area contributed by atoms with Crippen LogP contribution in [0.5, 0.6) is 5.75 Å². The van der Waals surface area contributed by atoms with Crippen molar-refractivity contribution in [1.29, 1.82) is 0 Å². The first kappa shape index (κ1) is 13.0. The molecule has 0 saturated heterocycles. The maximum absolute atomic E-state index is 10.9. The van der Waals surface area contributed by atoms with E-state index in [0.29, 0.717) is 6.54 Å². The van der Waals surface area contributed by atoms with Gasteiger partial charge in [-0.1, -0.05) is 23.8 Å². The molecule has 0 saturated carbocycles. The molecule has 4 nitrogen and oxygen atoms in total. The Morgan fingerprint density at radius 1 is 1.16 bits per heavy atom. The maximum atomic E-state index is 10.9. The zero-order valence-corrected chi connectivity index (χ0v) is 10.6. The molecule has 0 unspecified atom stereocenters. The highest BCUT2D eigenvalue weighted by atomic mass is 16.4. The van der Waals surface area contributed by atoms with Gasteiger partial charge in [-0.3, -0.25) is 0 Å². The van der Waals surface area contributed by atoms with E-state index in [2.05, 4.69) is 5.32 Å². The van der Waals surface area contributed by atoms with E-state index in [1.54, 1.807) is 6.07 Å². The second-order valence-electron chi connectivity index (χ2n) is 4.38. The summed E-state index contributed by atoms with van der Waals surface area (Å²) in [5, 5.41) is 21.5. The van der Waals surface area contributed by atoms with Crippen molar-refractivity contribution in [3.8, 4) is 5.75 Å². The van der Waals surface area contributed by atoms with Gasteiger partial charge in [-0.25, -0.2) is 4.79 Å². The number of carbonyl (C=O) groups is 1. The summed E-state index contributed by atoms with van der Waals surface area (Å²) in [4.78, 5) is 10.9. The minimum atomic E-state index is -1.13. The lowest BCUT2D eigenvalue weighted by atomic mass is 10.1. The highest BCUT2D eigenvalue weighted by Gasteiger charge is 2.09. The summed E-state index contributed by atoms with van der Waals surface area (Å²) in [6.07, 6.45) is 0. The molecule has 3 N–H and O–H groups in total. The van der Waals surface area contributed by atoms with Crippen LogP contribution < -0.4 is 5.32 Å². The van der Waals surface area contributed by atoms with E-state index in [-0.39, 0.29) is 11.3 Å². The van der Waals surface area contributed by atoms with Crippen molar-refractivity contribution < 1.29 is 15.0 Å². The Bertz CT molecular complexity index is 591. The van der Waals surface area contributed by atoms with Gasteiger partial charge < -0.3 is 15.5 Å². The van der Waals surface area contributed by atoms with Crippen LogP contribution in [-0.4, -0.2) is 16.2 Å². The summed E-state index contributed by atoms with van der Waals surface area (Å²) < 4.78 is 0. The number of aromatic hydroxyl groups is 1. The molecule has 4 heteroatoms. The Hall–Kier alpha value is -2.49. The normalized spacial score (nSPS) is 10.2. The molecule has 0 aliphatic heterocycles. The molecule has 0 spiro atoms. The molecule has 0 aromatic heterocycles. The van der Waals surface area contributed by atoms with E-state index >= 15 is 0 Å². The van der Waals surface area contributed by atoms with Crippen LogP contribution in [0.4, 0.5) is 5.69 Å². The van der Waals surface area contributed by atoms with Crippen LogP contribution in [0.15, 0.2) is 42.5 Å². The van der Waals surface area contributed by atoms with Crippen molar-refractivity contribution in [2.24, 2.45) is 0 Å². The van der Waals surface area contributed by atoms with E-state index in [9.17, 15) is 9.90 Å². The molecule has 2 aromatic carbocycles. The molecule has 2 aromatic rings. The SMILES string of the molecule is Cc1ccc(NCc2ccc(O)c(C(=O)O)c2)cc1. The summed E-state index contributed by atoms with van der Waals surface area (Å²) >= 11 is 0. The Morgan fingerprint density at radius 3 is 2.47 bits per heavy atom. The zero-order chi connectivity index (χ0) is 13.8. The third-order valence-electron chi connectivity index (χ3n) is 2.84. The van der Waals surface area contributed by atoms with Crippen LogP contribution in [-0.2, 0) is 6.54 Å². The molecule has 0 aliphatic rings. The van der Waals surface area contributed by atoms with Gasteiger partial charge in [0.25, 0.3) is 0 Å². The van der Waals surface area contributed by atoms with Crippen LogP contribution in [0.1, 0.15) is 21.5 Å². The number of phenols is 1. The number of aromatic carboxylic acids is 1. The summed E-state index contributed by atoms with van der Waals surface area (Å²) in [7, 11) is 0. The number of hydrogen-bond donors (Lipinski definition) is 3. The molecule has 0 amide bonds. The van der Waals surface area contributed by atoms with Crippen molar-refractivity contribution in [2.75, 3.05) is 5.32 Å². The summed E-state index contributed by atoms with van der Waals surface area (Å²) in [5.74, 6) is -1.35. The number of rotatable bonds is 4. The first-order valence-electron chi connectivity index (χ1n) is 5.92. The van der Waals surface area contributed by atoms with Crippen LogP contribution in [0.2, 0.25) is 0 Å². The van der Waals surface area contributed by atoms with Crippen molar-refractivity contribution in [1.82, 2.24) is 0 Å². The monoisotopic (exact) mass is 257 g/mol. The number of carboxylic acid groups (broad SMARTS) is 1. The van der Waals surface area contributed by atoms with Gasteiger partial charge in [-0.2, -0.15) is 0 Å². The summed E-state index contributed by atoms with van der Waals surface area (Å²) in [6.45, 7) is 2.52. The maximum Gasteiger partial charge on any atom is 0.339 e. The second-order valence-corrected chi connectivity index (χ2v) is 4.38. The lowest BCUT2D eigenvalue weighted by molar-refractivity contribution is 0.0693. The molecule has 19 heavy (non-hydrogen) atoms. The highest BCUT2D eigenvalue weighted by Crippen LogP contribution is 2.19. The Kier molecular flexibility index (Phi) is 3.71. The van der Waals surface area contributed by atoms with Crippen LogP contribution in [0, 0.1) is 6.92 Å². The van der Waals surface area contributed by atoms with Crippen molar-refractivity contribution in [2.45, 2.75) is 13.5 Å². The van der Waals surface area contributed by atoms with E-state index in [1.807, 2.05) is 31.2 Å². The van der Waals surface area contributed by atoms with Crippen molar-refractivity contribution in [3.63, 3.8) is 0 Å². The highest BCUT2D eigenvalue weighted by molar-refractivity contribution is 5.90. The van der Waals surface area contributed by atoms with Gasteiger partial charge in [-0.05, 0) is 36.8 Å². The first-order valence-corrected chi connectivity index (χ1v) is 5.92. The molecule has 98 valence electrons. The molecule has 0 aliphatic carbocycles. The number of benzene rings is 2. The summed E-state index contributed by atoms with van der Waals surface area (Å²) in [6, 6.07) is 12.5. The van der Waals surface area contributed by atoms with Crippen LogP contribution in [0.3, 0.4) is 0 Å². The second kappa shape index (κ2) is 5.44. The zero-order valence-electron chi connectivity index (χ0n) is 10.6.